The third kappa shape index (κ3) is 4.17. The molecule has 0 heterocycles. The minimum Gasteiger partial charge on any atom is -0.289 e. The minimum absolute atomic E-state index is 0.135. The van der Waals surface area contributed by atoms with Crippen LogP contribution in [-0.4, -0.2) is 22.6 Å². The van der Waals surface area contributed by atoms with Gasteiger partial charge in [0.1, 0.15) is 0 Å². The fourth-order valence-corrected chi connectivity index (χ4v) is 6.85. The quantitative estimate of drug-likeness (QED) is 0.335. The van der Waals surface area contributed by atoms with Crippen LogP contribution in [0.15, 0.2) is 70.5 Å². The van der Waals surface area contributed by atoms with E-state index in [-0.39, 0.29) is 26.5 Å². The van der Waals surface area contributed by atoms with E-state index in [1.807, 2.05) is 58.0 Å². The molecule has 38 heavy (non-hydrogen) atoms. The maximum Gasteiger partial charge on any atom is 0.239 e. The van der Waals surface area contributed by atoms with E-state index in [0.29, 0.717) is 27.8 Å². The Morgan fingerprint density at radius 1 is 0.526 bits per heavy atom. The molecule has 1 aliphatic carbocycles. The molecule has 1 aliphatic rings. The van der Waals surface area contributed by atoms with Crippen molar-refractivity contribution >= 4 is 25.8 Å². The number of rotatable bonds is 4. The number of hydrogen-bond donors (Lipinski definition) is 2. The summed E-state index contributed by atoms with van der Waals surface area (Å²) in [6.45, 7) is 7.59. The lowest BCUT2D eigenvalue weighted by atomic mass is 9.87. The van der Waals surface area contributed by atoms with E-state index in [9.17, 15) is 21.6 Å². The standard InChI is InChI=1S/C29H26N2O5S2/c1-15-5-8-20(17(3)11-15)25-14-23-22-10-7-19(37(30,33)34)13-24(22)28(32)26(23)27(29(25)38(31,35)36)21-9-6-16(2)12-18(21)4/h5-14H,1-4H3,(H2,30,33,34)(H2,31,35,36). The highest BCUT2D eigenvalue weighted by Crippen LogP contribution is 2.49. The number of nitrogens with two attached hydrogens (primary N) is 2. The van der Waals surface area contributed by atoms with Crippen LogP contribution < -0.4 is 10.3 Å². The molecule has 0 atom stereocenters. The van der Waals surface area contributed by atoms with Gasteiger partial charge in [0.25, 0.3) is 0 Å². The van der Waals surface area contributed by atoms with Gasteiger partial charge in [-0.3, -0.25) is 4.79 Å². The number of ketones is 1. The fraction of sp³-hybridized carbons (Fsp3) is 0.138. The lowest BCUT2D eigenvalue weighted by Gasteiger charge is -2.21. The van der Waals surface area contributed by atoms with Crippen LogP contribution >= 0.6 is 0 Å². The Hall–Kier alpha value is -3.63. The predicted octanol–water partition coefficient (Wildman–Crippen LogP) is 4.76. The number of carbonyl (C=O) groups is 1. The van der Waals surface area contributed by atoms with Crippen molar-refractivity contribution in [3.05, 3.63) is 94.0 Å². The average Bonchev–Trinajstić information content (AvgIpc) is 3.08. The second-order valence-corrected chi connectivity index (χ2v) is 12.9. The Labute approximate surface area is 222 Å². The summed E-state index contributed by atoms with van der Waals surface area (Å²) in [7, 11) is -8.42. The average molecular weight is 547 g/mol. The molecule has 0 saturated heterocycles. The van der Waals surface area contributed by atoms with E-state index in [1.165, 1.54) is 18.2 Å². The van der Waals surface area contributed by atoms with Crippen molar-refractivity contribution in [2.45, 2.75) is 37.5 Å². The second-order valence-electron chi connectivity index (χ2n) is 9.81. The van der Waals surface area contributed by atoms with Crippen molar-refractivity contribution < 1.29 is 21.6 Å². The third-order valence-electron chi connectivity index (χ3n) is 6.97. The summed E-state index contributed by atoms with van der Waals surface area (Å²) in [5.41, 5.74) is 6.68. The summed E-state index contributed by atoms with van der Waals surface area (Å²) >= 11 is 0. The zero-order valence-electron chi connectivity index (χ0n) is 21.3. The van der Waals surface area contributed by atoms with Gasteiger partial charge in [-0.15, -0.1) is 0 Å². The van der Waals surface area contributed by atoms with Crippen molar-refractivity contribution in [3.63, 3.8) is 0 Å². The highest BCUT2D eigenvalue weighted by Gasteiger charge is 2.37. The van der Waals surface area contributed by atoms with Crippen LogP contribution in [0.3, 0.4) is 0 Å². The molecule has 7 nitrogen and oxygen atoms in total. The number of sulfonamides is 2. The van der Waals surface area contributed by atoms with Gasteiger partial charge in [0.2, 0.25) is 20.0 Å². The van der Waals surface area contributed by atoms with Crippen LogP contribution in [0, 0.1) is 27.7 Å². The molecule has 0 saturated carbocycles. The van der Waals surface area contributed by atoms with Crippen LogP contribution in [0.25, 0.3) is 33.4 Å². The Balaban J connectivity index is 2.00. The summed E-state index contributed by atoms with van der Waals surface area (Å²) in [5, 5.41) is 11.2. The largest absolute Gasteiger partial charge is 0.289 e. The minimum atomic E-state index is -4.35. The summed E-state index contributed by atoms with van der Waals surface area (Å²) in [5.74, 6) is -0.493. The molecule has 0 spiro atoms. The molecule has 0 fully saturated rings. The molecule has 0 radical (unpaired) electrons. The number of aryl methyl sites for hydroxylation is 4. The first-order chi connectivity index (χ1) is 17.7. The normalized spacial score (nSPS) is 12.9. The SMILES string of the molecule is Cc1ccc(-c2cc3c(c(-c4ccc(C)cc4C)c2S(N)(=O)=O)C(=O)c2cc(S(N)(=O)=O)ccc2-3)c(C)c1. The molecule has 0 amide bonds. The van der Waals surface area contributed by atoms with E-state index in [4.69, 9.17) is 10.3 Å². The molecule has 0 bridgehead atoms. The van der Waals surface area contributed by atoms with Gasteiger partial charge in [-0.25, -0.2) is 27.1 Å². The molecule has 194 valence electrons. The number of benzene rings is 4. The number of carbonyl (C=O) groups excluding carboxylic acids is 1. The number of primary sulfonamides is 2. The van der Waals surface area contributed by atoms with Crippen molar-refractivity contribution in [2.24, 2.45) is 10.3 Å². The first-order valence-corrected chi connectivity index (χ1v) is 14.9. The lowest BCUT2D eigenvalue weighted by Crippen LogP contribution is -2.17. The predicted molar refractivity (Wildman–Crippen MR) is 148 cm³/mol. The van der Waals surface area contributed by atoms with E-state index in [2.05, 4.69) is 0 Å². The maximum absolute atomic E-state index is 13.9. The van der Waals surface area contributed by atoms with E-state index >= 15 is 0 Å². The fourth-order valence-electron chi connectivity index (χ4n) is 5.33. The van der Waals surface area contributed by atoms with Gasteiger partial charge in [0.05, 0.1) is 9.79 Å². The highest BCUT2D eigenvalue weighted by molar-refractivity contribution is 7.89. The van der Waals surface area contributed by atoms with Crippen molar-refractivity contribution in [1.29, 1.82) is 0 Å². The van der Waals surface area contributed by atoms with Gasteiger partial charge >= 0.3 is 0 Å². The van der Waals surface area contributed by atoms with Crippen LogP contribution in [0.4, 0.5) is 0 Å². The zero-order chi connectivity index (χ0) is 27.7. The number of hydrogen-bond acceptors (Lipinski definition) is 5. The van der Waals surface area contributed by atoms with Gasteiger partial charge in [0.15, 0.2) is 5.78 Å². The van der Waals surface area contributed by atoms with E-state index in [0.717, 1.165) is 22.3 Å². The Kier molecular flexibility index (Phi) is 5.96. The summed E-state index contributed by atoms with van der Waals surface area (Å²) in [6, 6.07) is 17.0. The van der Waals surface area contributed by atoms with Crippen LogP contribution in [0.2, 0.25) is 0 Å². The summed E-state index contributed by atoms with van der Waals surface area (Å²) in [6.07, 6.45) is 0. The Morgan fingerprint density at radius 3 is 1.61 bits per heavy atom. The molecule has 5 rings (SSSR count). The van der Waals surface area contributed by atoms with Crippen molar-refractivity contribution in [3.8, 4) is 33.4 Å². The van der Waals surface area contributed by atoms with Gasteiger partial charge in [-0.2, -0.15) is 0 Å². The van der Waals surface area contributed by atoms with Gasteiger partial charge in [0, 0.05) is 22.3 Å². The van der Waals surface area contributed by atoms with Crippen LogP contribution in [0.5, 0.6) is 0 Å². The first kappa shape index (κ1) is 26.0. The Morgan fingerprint density at radius 2 is 1.08 bits per heavy atom. The van der Waals surface area contributed by atoms with Crippen molar-refractivity contribution in [1.82, 2.24) is 0 Å². The van der Waals surface area contributed by atoms with Gasteiger partial charge in [-0.1, -0.05) is 53.6 Å². The number of fused-ring (bicyclic) bond motifs is 3. The molecular formula is C29H26N2O5S2. The topological polar surface area (TPSA) is 137 Å². The molecule has 0 unspecified atom stereocenters. The molecule has 4 N–H and O–H groups in total. The lowest BCUT2D eigenvalue weighted by molar-refractivity contribution is 0.104. The third-order valence-corrected chi connectivity index (χ3v) is 8.87. The van der Waals surface area contributed by atoms with Crippen LogP contribution in [0.1, 0.15) is 38.2 Å². The maximum atomic E-state index is 13.9. The smallest absolute Gasteiger partial charge is 0.239 e. The van der Waals surface area contributed by atoms with Crippen molar-refractivity contribution in [2.75, 3.05) is 0 Å². The van der Waals surface area contributed by atoms with E-state index in [1.54, 1.807) is 12.1 Å². The molecule has 0 aliphatic heterocycles. The summed E-state index contributed by atoms with van der Waals surface area (Å²) < 4.78 is 50.7. The molecule has 4 aromatic rings. The molecule has 4 aromatic carbocycles. The first-order valence-electron chi connectivity index (χ1n) is 11.8. The van der Waals surface area contributed by atoms with Gasteiger partial charge in [-0.05, 0) is 79.3 Å². The van der Waals surface area contributed by atoms with Gasteiger partial charge < -0.3 is 0 Å². The zero-order valence-corrected chi connectivity index (χ0v) is 22.9. The molecular weight excluding hydrogens is 520 g/mol. The summed E-state index contributed by atoms with van der Waals surface area (Å²) in [4.78, 5) is 13.6. The monoisotopic (exact) mass is 546 g/mol. The van der Waals surface area contributed by atoms with E-state index < -0.39 is 25.8 Å². The van der Waals surface area contributed by atoms with Crippen LogP contribution in [-0.2, 0) is 20.0 Å². The molecule has 9 heteroatoms. The Bertz CT molecular complexity index is 1930. The second kappa shape index (κ2) is 8.71. The highest BCUT2D eigenvalue weighted by atomic mass is 32.2. The molecule has 0 aromatic heterocycles.